The van der Waals surface area contributed by atoms with Gasteiger partial charge in [-0.1, -0.05) is 29.3 Å². The van der Waals surface area contributed by atoms with Gasteiger partial charge >= 0.3 is 0 Å². The minimum atomic E-state index is -2.97. The van der Waals surface area contributed by atoms with Crippen LogP contribution in [0.3, 0.4) is 0 Å². The topological polar surface area (TPSA) is 72.5 Å². The minimum Gasteiger partial charge on any atom is -0.381 e. The summed E-state index contributed by atoms with van der Waals surface area (Å²) in [5.74, 6) is 0.113. The Balaban J connectivity index is 1.68. The average molecular weight is 420 g/mol. The highest BCUT2D eigenvalue weighted by Gasteiger charge is 2.37. The maximum Gasteiger partial charge on any atom is 0.220 e. The Bertz CT molecular complexity index is 775. The van der Waals surface area contributed by atoms with Gasteiger partial charge in [-0.3, -0.25) is 4.79 Å². The highest BCUT2D eigenvalue weighted by molar-refractivity contribution is 7.91. The number of hydrogen-bond acceptors (Lipinski definition) is 4. The van der Waals surface area contributed by atoms with Crippen molar-refractivity contribution < 1.29 is 17.9 Å². The zero-order chi connectivity index (χ0) is 18.8. The molecule has 0 unspecified atom stereocenters. The number of benzene rings is 1. The molecule has 1 atom stereocenters. The second kappa shape index (κ2) is 8.05. The van der Waals surface area contributed by atoms with Crippen LogP contribution >= 0.6 is 23.2 Å². The van der Waals surface area contributed by atoms with Crippen LogP contribution in [-0.2, 0) is 24.8 Å². The molecule has 2 fully saturated rings. The normalized spacial score (nSPS) is 24.3. The number of halogens is 2. The van der Waals surface area contributed by atoms with Crippen LogP contribution in [0.1, 0.15) is 31.2 Å². The lowest BCUT2D eigenvalue weighted by atomic mass is 9.74. The van der Waals surface area contributed by atoms with E-state index in [-0.39, 0.29) is 35.2 Å². The molecular weight excluding hydrogens is 397 g/mol. The molecule has 0 bridgehead atoms. The maximum absolute atomic E-state index is 12.4. The van der Waals surface area contributed by atoms with E-state index in [4.69, 9.17) is 27.9 Å². The van der Waals surface area contributed by atoms with Gasteiger partial charge in [0, 0.05) is 41.6 Å². The largest absolute Gasteiger partial charge is 0.381 e. The van der Waals surface area contributed by atoms with Crippen molar-refractivity contribution in [3.05, 3.63) is 33.8 Å². The molecule has 3 rings (SSSR count). The summed E-state index contributed by atoms with van der Waals surface area (Å²) in [6.07, 6.45) is 2.33. The molecule has 2 saturated heterocycles. The maximum atomic E-state index is 12.4. The number of amides is 1. The summed E-state index contributed by atoms with van der Waals surface area (Å²) in [5.41, 5.74) is 0.674. The number of hydrogen-bond donors (Lipinski definition) is 1. The molecule has 26 heavy (non-hydrogen) atoms. The van der Waals surface area contributed by atoms with E-state index < -0.39 is 9.84 Å². The fraction of sp³-hybridized carbons (Fsp3) is 0.611. The molecule has 8 heteroatoms. The minimum absolute atomic E-state index is 0.0789. The average Bonchev–Trinajstić information content (AvgIpc) is 2.92. The van der Waals surface area contributed by atoms with Gasteiger partial charge in [0.05, 0.1) is 11.5 Å². The Hall–Kier alpha value is -0.820. The van der Waals surface area contributed by atoms with Crippen LogP contribution < -0.4 is 5.32 Å². The van der Waals surface area contributed by atoms with Gasteiger partial charge in [-0.2, -0.15) is 0 Å². The zero-order valence-corrected chi connectivity index (χ0v) is 16.8. The summed E-state index contributed by atoms with van der Waals surface area (Å²) >= 11 is 12.5. The number of rotatable bonds is 5. The monoisotopic (exact) mass is 419 g/mol. The van der Waals surface area contributed by atoms with Gasteiger partial charge in [0.1, 0.15) is 0 Å². The van der Waals surface area contributed by atoms with Crippen LogP contribution in [0.4, 0.5) is 0 Å². The number of ether oxygens (including phenoxy) is 1. The van der Waals surface area contributed by atoms with Crippen molar-refractivity contribution in [1.82, 2.24) is 5.32 Å². The zero-order valence-electron chi connectivity index (χ0n) is 14.5. The molecule has 2 aliphatic rings. The second-order valence-electron chi connectivity index (χ2n) is 7.27. The Morgan fingerprint density at radius 1 is 1.27 bits per heavy atom. The molecule has 1 aromatic carbocycles. The summed E-state index contributed by atoms with van der Waals surface area (Å²) in [5, 5.41) is 4.18. The third-order valence-electron chi connectivity index (χ3n) is 5.38. The van der Waals surface area contributed by atoms with E-state index in [1.54, 1.807) is 6.07 Å². The number of carbonyl (C=O) groups excluding carboxylic acids is 1. The summed E-state index contributed by atoms with van der Waals surface area (Å²) < 4.78 is 28.6. The summed E-state index contributed by atoms with van der Waals surface area (Å²) in [6.45, 7) is 1.67. The van der Waals surface area contributed by atoms with E-state index in [0.29, 0.717) is 36.2 Å². The van der Waals surface area contributed by atoms with Crippen LogP contribution in [0, 0.1) is 5.92 Å². The standard InChI is InChI=1S/C18H23Cl2NO4S/c19-14-1-2-15(16(20)10-14)18(4-6-25-7-5-18)12-21-17(22)9-13-3-8-26(23,24)11-13/h1-2,10,13H,3-9,11-12H2,(H,21,22)/t13-/m1/s1. The van der Waals surface area contributed by atoms with Crippen molar-refractivity contribution >= 4 is 38.9 Å². The van der Waals surface area contributed by atoms with Gasteiger partial charge in [0.25, 0.3) is 0 Å². The Morgan fingerprint density at radius 3 is 2.62 bits per heavy atom. The fourth-order valence-corrected chi connectivity index (χ4v) is 6.33. The quantitative estimate of drug-likeness (QED) is 0.795. The Morgan fingerprint density at radius 2 is 2.00 bits per heavy atom. The number of nitrogens with one attached hydrogen (secondary N) is 1. The third-order valence-corrected chi connectivity index (χ3v) is 7.76. The molecule has 2 heterocycles. The lowest BCUT2D eigenvalue weighted by Crippen LogP contribution is -2.45. The van der Waals surface area contributed by atoms with Crippen LogP contribution in [0.25, 0.3) is 0 Å². The third kappa shape index (κ3) is 4.71. The lowest BCUT2D eigenvalue weighted by molar-refractivity contribution is -0.122. The first-order valence-electron chi connectivity index (χ1n) is 8.80. The van der Waals surface area contributed by atoms with Crippen molar-refractivity contribution in [2.24, 2.45) is 5.92 Å². The SMILES string of the molecule is O=C(C[C@H]1CCS(=O)(=O)C1)NCC1(c2ccc(Cl)cc2Cl)CCOCC1. The predicted octanol–water partition coefficient (Wildman–Crippen LogP) is 2.98. The van der Waals surface area contributed by atoms with Gasteiger partial charge in [-0.05, 0) is 42.9 Å². The molecule has 5 nitrogen and oxygen atoms in total. The molecule has 0 spiro atoms. The van der Waals surface area contributed by atoms with E-state index >= 15 is 0 Å². The highest BCUT2D eigenvalue weighted by atomic mass is 35.5. The molecule has 2 aliphatic heterocycles. The number of sulfone groups is 1. The van der Waals surface area contributed by atoms with Gasteiger partial charge < -0.3 is 10.1 Å². The van der Waals surface area contributed by atoms with Crippen molar-refractivity contribution in [3.63, 3.8) is 0 Å². The molecule has 0 aliphatic carbocycles. The highest BCUT2D eigenvalue weighted by Crippen LogP contribution is 2.39. The van der Waals surface area contributed by atoms with Crippen molar-refractivity contribution in [3.8, 4) is 0 Å². The molecule has 1 amide bonds. The summed E-state index contributed by atoms with van der Waals surface area (Å²) in [4.78, 5) is 12.4. The summed E-state index contributed by atoms with van der Waals surface area (Å²) in [6, 6.07) is 5.46. The van der Waals surface area contributed by atoms with Crippen LogP contribution in [0.15, 0.2) is 18.2 Å². The van der Waals surface area contributed by atoms with Crippen LogP contribution in [-0.4, -0.2) is 45.6 Å². The Kier molecular flexibility index (Phi) is 6.17. The molecule has 0 saturated carbocycles. The van der Waals surface area contributed by atoms with Crippen LogP contribution in [0.5, 0.6) is 0 Å². The summed E-state index contributed by atoms with van der Waals surface area (Å²) in [7, 11) is -2.97. The smallest absolute Gasteiger partial charge is 0.220 e. The van der Waals surface area contributed by atoms with Crippen molar-refractivity contribution in [2.45, 2.75) is 31.1 Å². The van der Waals surface area contributed by atoms with E-state index in [0.717, 1.165) is 18.4 Å². The molecule has 144 valence electrons. The molecule has 0 aromatic heterocycles. The Labute approximate surface area is 164 Å². The first kappa shape index (κ1) is 19.9. The predicted molar refractivity (Wildman–Crippen MR) is 103 cm³/mol. The van der Waals surface area contributed by atoms with Crippen molar-refractivity contribution in [2.75, 3.05) is 31.3 Å². The van der Waals surface area contributed by atoms with E-state index in [1.807, 2.05) is 12.1 Å². The van der Waals surface area contributed by atoms with E-state index in [2.05, 4.69) is 5.32 Å². The van der Waals surface area contributed by atoms with Gasteiger partial charge in [0.2, 0.25) is 5.91 Å². The van der Waals surface area contributed by atoms with Gasteiger partial charge in [-0.15, -0.1) is 0 Å². The molecular formula is C18H23Cl2NO4S. The first-order valence-corrected chi connectivity index (χ1v) is 11.4. The number of carbonyl (C=O) groups is 1. The molecule has 1 N–H and O–H groups in total. The lowest BCUT2D eigenvalue weighted by Gasteiger charge is -2.38. The first-order chi connectivity index (χ1) is 12.3. The fourth-order valence-electron chi connectivity index (χ4n) is 3.86. The van der Waals surface area contributed by atoms with Crippen molar-refractivity contribution in [1.29, 1.82) is 0 Å². The van der Waals surface area contributed by atoms with E-state index in [9.17, 15) is 13.2 Å². The molecule has 0 radical (unpaired) electrons. The van der Waals surface area contributed by atoms with E-state index in [1.165, 1.54) is 0 Å². The van der Waals surface area contributed by atoms with Crippen LogP contribution in [0.2, 0.25) is 10.0 Å². The van der Waals surface area contributed by atoms with Gasteiger partial charge in [-0.25, -0.2) is 8.42 Å². The van der Waals surface area contributed by atoms with Gasteiger partial charge in [0.15, 0.2) is 9.84 Å². The molecule has 1 aromatic rings. The second-order valence-corrected chi connectivity index (χ2v) is 10.3.